The number of halogens is 1. The zero-order chi connectivity index (χ0) is 16.7. The van der Waals surface area contributed by atoms with E-state index in [1.165, 1.54) is 18.3 Å². The van der Waals surface area contributed by atoms with Crippen LogP contribution in [0.25, 0.3) is 6.08 Å². The number of hydrogen-bond donors (Lipinski definition) is 1. The summed E-state index contributed by atoms with van der Waals surface area (Å²) in [4.78, 5) is 26.8. The zero-order valence-electron chi connectivity index (χ0n) is 13.0. The average molecular weight is 321 g/mol. The second kappa shape index (κ2) is 8.17. The van der Waals surface area contributed by atoms with Crippen LogP contribution in [-0.2, 0) is 4.74 Å². The van der Waals surface area contributed by atoms with Gasteiger partial charge in [0, 0.05) is 32.4 Å². The Bertz CT molecular complexity index is 584. The second-order valence-electron chi connectivity index (χ2n) is 5.01. The minimum atomic E-state index is -0.349. The van der Waals surface area contributed by atoms with Crippen LogP contribution in [0.5, 0.6) is 0 Å². The Morgan fingerprint density at radius 3 is 2.61 bits per heavy atom. The lowest BCUT2D eigenvalue weighted by molar-refractivity contribution is 0.0856. The summed E-state index contributed by atoms with van der Waals surface area (Å²) in [6.07, 6.45) is 2.75. The first-order valence-electron chi connectivity index (χ1n) is 7.49. The van der Waals surface area contributed by atoms with Crippen LogP contribution in [0, 0.1) is 5.82 Å². The molecule has 0 atom stereocenters. The highest BCUT2D eigenvalue weighted by atomic mass is 19.1. The van der Waals surface area contributed by atoms with Crippen LogP contribution < -0.4 is 5.32 Å². The number of piperazine rings is 1. The van der Waals surface area contributed by atoms with E-state index in [0.29, 0.717) is 38.3 Å². The summed E-state index contributed by atoms with van der Waals surface area (Å²) in [5.41, 5.74) is 0.664. The molecule has 1 aliphatic heterocycles. The topological polar surface area (TPSA) is 61.9 Å². The first-order valence-corrected chi connectivity index (χ1v) is 7.49. The normalized spacial score (nSPS) is 14.9. The van der Waals surface area contributed by atoms with Gasteiger partial charge >= 0.3 is 12.1 Å². The molecule has 23 heavy (non-hydrogen) atoms. The lowest BCUT2D eigenvalue weighted by atomic mass is 10.2. The van der Waals surface area contributed by atoms with Crippen molar-refractivity contribution in [2.75, 3.05) is 32.8 Å². The molecule has 1 aromatic rings. The van der Waals surface area contributed by atoms with Gasteiger partial charge in [0.1, 0.15) is 5.82 Å². The van der Waals surface area contributed by atoms with Crippen LogP contribution in [0.2, 0.25) is 0 Å². The van der Waals surface area contributed by atoms with Crippen LogP contribution in [0.4, 0.5) is 14.0 Å². The summed E-state index contributed by atoms with van der Waals surface area (Å²) in [6, 6.07) is 5.83. The van der Waals surface area contributed by atoms with Crippen molar-refractivity contribution in [3.05, 3.63) is 41.8 Å². The number of benzene rings is 1. The van der Waals surface area contributed by atoms with Crippen molar-refractivity contribution in [3.63, 3.8) is 0 Å². The van der Waals surface area contributed by atoms with Gasteiger partial charge in [-0.1, -0.05) is 12.1 Å². The molecular weight excluding hydrogens is 301 g/mol. The number of nitrogens with one attached hydrogen (secondary N) is 1. The van der Waals surface area contributed by atoms with E-state index in [-0.39, 0.29) is 17.9 Å². The molecule has 1 aliphatic rings. The van der Waals surface area contributed by atoms with Crippen LogP contribution >= 0.6 is 0 Å². The number of amides is 3. The Morgan fingerprint density at radius 1 is 1.26 bits per heavy atom. The lowest BCUT2D eigenvalue weighted by Crippen LogP contribution is -2.52. The van der Waals surface area contributed by atoms with Crippen molar-refractivity contribution in [2.24, 2.45) is 0 Å². The Hall–Kier alpha value is -2.57. The summed E-state index contributed by atoms with van der Waals surface area (Å²) < 4.78 is 18.0. The maximum absolute atomic E-state index is 13.0. The fraction of sp³-hybridized carbons (Fsp3) is 0.375. The van der Waals surface area contributed by atoms with E-state index >= 15 is 0 Å². The molecule has 0 spiro atoms. The third-order valence-corrected chi connectivity index (χ3v) is 3.42. The molecule has 6 nitrogen and oxygen atoms in total. The molecule has 1 heterocycles. The van der Waals surface area contributed by atoms with E-state index in [9.17, 15) is 14.0 Å². The molecule has 124 valence electrons. The number of ether oxygens (including phenoxy) is 1. The standard InChI is InChI=1S/C16H20FN3O3/c1-2-23-16(22)20-10-8-19(9-11-20)15(21)18-7-6-13-4-3-5-14(17)12-13/h3-7,12H,2,8-11H2,1H3,(H,18,21)/b7-6+. The first-order chi connectivity index (χ1) is 11.1. The Morgan fingerprint density at radius 2 is 1.96 bits per heavy atom. The minimum absolute atomic E-state index is 0.249. The SMILES string of the molecule is CCOC(=O)N1CCN(C(=O)N/C=C/c2cccc(F)c2)CC1. The van der Waals surface area contributed by atoms with Gasteiger partial charge in [0.25, 0.3) is 0 Å². The predicted octanol–water partition coefficient (Wildman–Crippen LogP) is 2.28. The molecule has 0 aliphatic carbocycles. The molecule has 3 amide bonds. The summed E-state index contributed by atoms with van der Waals surface area (Å²) in [6.45, 7) is 3.87. The van der Waals surface area contributed by atoms with Crippen LogP contribution in [-0.4, -0.2) is 54.7 Å². The fourth-order valence-corrected chi connectivity index (χ4v) is 2.22. The number of rotatable bonds is 3. The van der Waals surface area contributed by atoms with E-state index in [1.54, 1.807) is 34.9 Å². The summed E-state index contributed by atoms with van der Waals surface area (Å²) in [7, 11) is 0. The quantitative estimate of drug-likeness (QED) is 0.929. The third kappa shape index (κ3) is 4.98. The van der Waals surface area contributed by atoms with Crippen molar-refractivity contribution in [2.45, 2.75) is 6.92 Å². The van der Waals surface area contributed by atoms with Crippen LogP contribution in [0.1, 0.15) is 12.5 Å². The van der Waals surface area contributed by atoms with E-state index in [4.69, 9.17) is 4.74 Å². The van der Waals surface area contributed by atoms with Crippen molar-refractivity contribution < 1.29 is 18.7 Å². The summed E-state index contributed by atoms with van der Waals surface area (Å²) >= 11 is 0. The maximum Gasteiger partial charge on any atom is 0.409 e. The molecule has 7 heteroatoms. The summed E-state index contributed by atoms with van der Waals surface area (Å²) in [5.74, 6) is -0.325. The molecule has 0 aromatic heterocycles. The van der Waals surface area contributed by atoms with Gasteiger partial charge in [-0.15, -0.1) is 0 Å². The second-order valence-corrected chi connectivity index (χ2v) is 5.01. The molecular formula is C16H20FN3O3. The highest BCUT2D eigenvalue weighted by Gasteiger charge is 2.24. The van der Waals surface area contributed by atoms with Crippen LogP contribution in [0.3, 0.4) is 0 Å². The number of urea groups is 1. The Balaban J connectivity index is 1.78. The largest absolute Gasteiger partial charge is 0.450 e. The van der Waals surface area contributed by atoms with E-state index in [1.807, 2.05) is 0 Å². The smallest absolute Gasteiger partial charge is 0.409 e. The van der Waals surface area contributed by atoms with Gasteiger partial charge in [0.05, 0.1) is 6.61 Å². The van der Waals surface area contributed by atoms with Gasteiger partial charge in [-0.25, -0.2) is 14.0 Å². The van der Waals surface area contributed by atoms with Crippen molar-refractivity contribution in [1.82, 2.24) is 15.1 Å². The van der Waals surface area contributed by atoms with Gasteiger partial charge in [0.2, 0.25) is 0 Å². The highest BCUT2D eigenvalue weighted by Crippen LogP contribution is 2.06. The zero-order valence-corrected chi connectivity index (χ0v) is 13.0. The van der Waals surface area contributed by atoms with Crippen molar-refractivity contribution in [3.8, 4) is 0 Å². The molecule has 1 saturated heterocycles. The molecule has 1 fully saturated rings. The molecule has 0 unspecified atom stereocenters. The number of hydrogen-bond acceptors (Lipinski definition) is 3. The Labute approximate surface area is 134 Å². The van der Waals surface area contributed by atoms with Crippen molar-refractivity contribution >= 4 is 18.2 Å². The molecule has 0 saturated carbocycles. The Kier molecular flexibility index (Phi) is 5.96. The van der Waals surface area contributed by atoms with Gasteiger partial charge in [-0.3, -0.25) is 0 Å². The first kappa shape index (κ1) is 16.8. The third-order valence-electron chi connectivity index (χ3n) is 3.42. The van der Waals surface area contributed by atoms with Gasteiger partial charge < -0.3 is 19.9 Å². The van der Waals surface area contributed by atoms with Gasteiger partial charge in [-0.2, -0.15) is 0 Å². The number of carbonyl (C=O) groups is 2. The highest BCUT2D eigenvalue weighted by molar-refractivity contribution is 5.76. The summed E-state index contributed by atoms with van der Waals surface area (Å²) in [5, 5.41) is 2.64. The van der Waals surface area contributed by atoms with E-state index < -0.39 is 0 Å². The van der Waals surface area contributed by atoms with Crippen molar-refractivity contribution in [1.29, 1.82) is 0 Å². The lowest BCUT2D eigenvalue weighted by Gasteiger charge is -2.33. The molecule has 0 radical (unpaired) electrons. The average Bonchev–Trinajstić information content (AvgIpc) is 2.55. The molecule has 1 N–H and O–H groups in total. The maximum atomic E-state index is 13.0. The number of carbonyl (C=O) groups excluding carboxylic acids is 2. The predicted molar refractivity (Wildman–Crippen MR) is 84.1 cm³/mol. The molecule has 1 aromatic carbocycles. The monoisotopic (exact) mass is 321 g/mol. The van der Waals surface area contributed by atoms with Gasteiger partial charge in [0.15, 0.2) is 0 Å². The van der Waals surface area contributed by atoms with Gasteiger partial charge in [-0.05, 0) is 30.7 Å². The van der Waals surface area contributed by atoms with E-state index in [0.717, 1.165) is 0 Å². The molecule has 2 rings (SSSR count). The molecule has 0 bridgehead atoms. The van der Waals surface area contributed by atoms with Crippen LogP contribution in [0.15, 0.2) is 30.5 Å². The fourth-order valence-electron chi connectivity index (χ4n) is 2.22. The number of nitrogens with zero attached hydrogens (tertiary/aromatic N) is 2. The van der Waals surface area contributed by atoms with E-state index in [2.05, 4.69) is 5.32 Å². The minimum Gasteiger partial charge on any atom is -0.450 e.